The summed E-state index contributed by atoms with van der Waals surface area (Å²) in [5.41, 5.74) is 0. The number of aryl methyl sites for hydroxylation is 1. The first-order valence-corrected chi connectivity index (χ1v) is 5.82. The van der Waals surface area contributed by atoms with E-state index in [1.807, 2.05) is 11.7 Å². The average Bonchev–Trinajstić information content (AvgIpc) is 2.63. The Hall–Kier alpha value is -0.900. The molecule has 1 heterocycles. The second-order valence-corrected chi connectivity index (χ2v) is 4.64. The Balaban J connectivity index is 1.77. The van der Waals surface area contributed by atoms with E-state index in [0.29, 0.717) is 6.04 Å². The minimum Gasteiger partial charge on any atom is -0.307 e. The van der Waals surface area contributed by atoms with Gasteiger partial charge in [-0.3, -0.25) is 4.68 Å². The van der Waals surface area contributed by atoms with Crippen LogP contribution in [0.2, 0.25) is 0 Å². The molecule has 15 heavy (non-hydrogen) atoms. The monoisotopic (exact) mass is 208 g/mol. The molecule has 1 aliphatic carbocycles. The molecular formula is C11H20N4. The van der Waals surface area contributed by atoms with Crippen molar-refractivity contribution in [1.82, 2.24) is 20.1 Å². The molecule has 1 aromatic rings. The molecule has 0 radical (unpaired) electrons. The largest absolute Gasteiger partial charge is 0.307 e. The van der Waals surface area contributed by atoms with Crippen molar-refractivity contribution in [2.45, 2.75) is 45.2 Å². The van der Waals surface area contributed by atoms with E-state index in [2.05, 4.69) is 22.3 Å². The lowest BCUT2D eigenvalue weighted by atomic mass is 9.87. The van der Waals surface area contributed by atoms with Gasteiger partial charge in [-0.2, -0.15) is 5.10 Å². The van der Waals surface area contributed by atoms with E-state index >= 15 is 0 Å². The second kappa shape index (κ2) is 4.75. The minimum atomic E-state index is 0.679. The molecule has 0 spiro atoms. The van der Waals surface area contributed by atoms with Crippen molar-refractivity contribution in [3.63, 3.8) is 0 Å². The van der Waals surface area contributed by atoms with E-state index in [0.717, 1.165) is 18.3 Å². The fourth-order valence-corrected chi connectivity index (χ4v) is 2.18. The van der Waals surface area contributed by atoms with Gasteiger partial charge in [0.05, 0.1) is 6.54 Å². The van der Waals surface area contributed by atoms with Crippen molar-refractivity contribution >= 4 is 0 Å². The van der Waals surface area contributed by atoms with Crippen LogP contribution >= 0.6 is 0 Å². The highest BCUT2D eigenvalue weighted by Gasteiger charge is 2.17. The lowest BCUT2D eigenvalue weighted by Gasteiger charge is -2.26. The summed E-state index contributed by atoms with van der Waals surface area (Å²) in [7, 11) is 1.94. The number of hydrogen-bond acceptors (Lipinski definition) is 3. The van der Waals surface area contributed by atoms with E-state index in [1.54, 1.807) is 6.33 Å². The fourth-order valence-electron chi connectivity index (χ4n) is 2.18. The van der Waals surface area contributed by atoms with Gasteiger partial charge in [-0.15, -0.1) is 0 Å². The molecule has 0 bridgehead atoms. The van der Waals surface area contributed by atoms with Crippen LogP contribution < -0.4 is 5.32 Å². The van der Waals surface area contributed by atoms with E-state index in [4.69, 9.17) is 0 Å². The van der Waals surface area contributed by atoms with Gasteiger partial charge in [0.1, 0.15) is 12.2 Å². The van der Waals surface area contributed by atoms with E-state index in [1.165, 1.54) is 25.7 Å². The molecule has 1 fully saturated rings. The molecule has 4 heteroatoms. The Morgan fingerprint density at radius 1 is 1.40 bits per heavy atom. The van der Waals surface area contributed by atoms with Gasteiger partial charge in [-0.25, -0.2) is 4.98 Å². The van der Waals surface area contributed by atoms with Gasteiger partial charge in [0.25, 0.3) is 0 Å². The molecule has 1 saturated carbocycles. The van der Waals surface area contributed by atoms with Gasteiger partial charge in [-0.05, 0) is 31.6 Å². The first kappa shape index (κ1) is 10.6. The number of aromatic nitrogens is 3. The van der Waals surface area contributed by atoms with Gasteiger partial charge in [-0.1, -0.05) is 6.92 Å². The summed E-state index contributed by atoms with van der Waals surface area (Å²) in [4.78, 5) is 4.20. The molecule has 0 aliphatic heterocycles. The zero-order valence-electron chi connectivity index (χ0n) is 9.61. The van der Waals surface area contributed by atoms with Crippen molar-refractivity contribution in [2.75, 3.05) is 0 Å². The average molecular weight is 208 g/mol. The Labute approximate surface area is 91.1 Å². The van der Waals surface area contributed by atoms with Crippen LogP contribution in [0.15, 0.2) is 6.33 Å². The van der Waals surface area contributed by atoms with Crippen molar-refractivity contribution < 1.29 is 0 Å². The van der Waals surface area contributed by atoms with Crippen LogP contribution in [-0.2, 0) is 13.6 Å². The number of nitrogens with zero attached hydrogens (tertiary/aromatic N) is 3. The van der Waals surface area contributed by atoms with Crippen molar-refractivity contribution in [1.29, 1.82) is 0 Å². The smallest absolute Gasteiger partial charge is 0.140 e. The summed E-state index contributed by atoms with van der Waals surface area (Å²) in [5, 5.41) is 7.62. The molecule has 1 N–H and O–H groups in total. The van der Waals surface area contributed by atoms with Crippen LogP contribution in [-0.4, -0.2) is 20.8 Å². The highest BCUT2D eigenvalue weighted by molar-refractivity contribution is 4.84. The van der Waals surface area contributed by atoms with E-state index in [-0.39, 0.29) is 0 Å². The van der Waals surface area contributed by atoms with Crippen LogP contribution in [0.5, 0.6) is 0 Å². The molecule has 0 saturated heterocycles. The van der Waals surface area contributed by atoms with Gasteiger partial charge < -0.3 is 5.32 Å². The third-order valence-electron chi connectivity index (χ3n) is 3.37. The number of nitrogens with one attached hydrogen (secondary N) is 1. The summed E-state index contributed by atoms with van der Waals surface area (Å²) in [6.07, 6.45) is 6.94. The molecule has 4 nitrogen and oxygen atoms in total. The van der Waals surface area contributed by atoms with Crippen LogP contribution in [0.1, 0.15) is 38.4 Å². The van der Waals surface area contributed by atoms with Gasteiger partial charge in [0.15, 0.2) is 0 Å². The molecule has 1 aromatic heterocycles. The van der Waals surface area contributed by atoms with Gasteiger partial charge in [0.2, 0.25) is 0 Å². The van der Waals surface area contributed by atoms with Crippen molar-refractivity contribution in [3.05, 3.63) is 12.2 Å². The molecule has 1 aliphatic rings. The quantitative estimate of drug-likeness (QED) is 0.818. The maximum atomic E-state index is 4.20. The standard InChI is InChI=1S/C11H20N4/c1-9-3-5-10(6-4-9)12-7-11-13-8-14-15(11)2/h8-10,12H,3-7H2,1-2H3. The summed E-state index contributed by atoms with van der Waals surface area (Å²) in [5.74, 6) is 1.94. The lowest BCUT2D eigenvalue weighted by Crippen LogP contribution is -2.33. The molecular weight excluding hydrogens is 188 g/mol. The molecule has 0 unspecified atom stereocenters. The summed E-state index contributed by atoms with van der Waals surface area (Å²) >= 11 is 0. The normalized spacial score (nSPS) is 26.8. The fraction of sp³-hybridized carbons (Fsp3) is 0.818. The molecule has 0 aromatic carbocycles. The Morgan fingerprint density at radius 2 is 2.13 bits per heavy atom. The zero-order chi connectivity index (χ0) is 10.7. The highest BCUT2D eigenvalue weighted by Crippen LogP contribution is 2.23. The molecule has 84 valence electrons. The lowest BCUT2D eigenvalue weighted by molar-refractivity contribution is 0.304. The first-order valence-electron chi connectivity index (χ1n) is 5.82. The highest BCUT2D eigenvalue weighted by atomic mass is 15.3. The molecule has 2 rings (SSSR count). The van der Waals surface area contributed by atoms with E-state index < -0.39 is 0 Å². The predicted molar refractivity (Wildman–Crippen MR) is 59.3 cm³/mol. The second-order valence-electron chi connectivity index (χ2n) is 4.64. The predicted octanol–water partition coefficient (Wildman–Crippen LogP) is 1.48. The molecule has 0 amide bonds. The SMILES string of the molecule is CC1CCC(NCc2ncnn2C)CC1. The topological polar surface area (TPSA) is 42.7 Å². The van der Waals surface area contributed by atoms with Crippen LogP contribution in [0.25, 0.3) is 0 Å². The maximum Gasteiger partial charge on any atom is 0.140 e. The third kappa shape index (κ3) is 2.78. The van der Waals surface area contributed by atoms with Gasteiger partial charge in [0, 0.05) is 13.1 Å². The van der Waals surface area contributed by atoms with Crippen molar-refractivity contribution in [3.8, 4) is 0 Å². The van der Waals surface area contributed by atoms with Crippen LogP contribution in [0.3, 0.4) is 0 Å². The Morgan fingerprint density at radius 3 is 2.73 bits per heavy atom. The first-order chi connectivity index (χ1) is 7.25. The Kier molecular flexibility index (Phi) is 3.36. The van der Waals surface area contributed by atoms with Crippen molar-refractivity contribution in [2.24, 2.45) is 13.0 Å². The van der Waals surface area contributed by atoms with Gasteiger partial charge >= 0.3 is 0 Å². The number of hydrogen-bond donors (Lipinski definition) is 1. The van der Waals surface area contributed by atoms with E-state index in [9.17, 15) is 0 Å². The summed E-state index contributed by atoms with van der Waals surface area (Å²) < 4.78 is 1.83. The Bertz CT molecular complexity index is 299. The maximum absolute atomic E-state index is 4.20. The van der Waals surface area contributed by atoms with Crippen LogP contribution in [0, 0.1) is 5.92 Å². The van der Waals surface area contributed by atoms with Crippen LogP contribution in [0.4, 0.5) is 0 Å². The zero-order valence-corrected chi connectivity index (χ0v) is 9.61. The molecule has 0 atom stereocenters. The summed E-state index contributed by atoms with van der Waals surface area (Å²) in [6.45, 7) is 3.19. The summed E-state index contributed by atoms with van der Waals surface area (Å²) in [6, 6.07) is 0.679. The number of rotatable bonds is 3. The third-order valence-corrected chi connectivity index (χ3v) is 3.37. The minimum absolute atomic E-state index is 0.679.